The van der Waals surface area contributed by atoms with Crippen molar-refractivity contribution in [1.29, 1.82) is 0 Å². The van der Waals surface area contributed by atoms with Crippen LogP contribution in [0.25, 0.3) is 0 Å². The molecule has 1 aliphatic heterocycles. The number of carbonyl (C=O) groups is 1. The van der Waals surface area contributed by atoms with E-state index in [1.807, 2.05) is 34.0 Å². The minimum absolute atomic E-state index is 0.0218. The number of pyridine rings is 1. The molecule has 0 aromatic carbocycles. The Morgan fingerprint density at radius 3 is 2.96 bits per heavy atom. The third-order valence-electron chi connectivity index (χ3n) is 5.13. The predicted molar refractivity (Wildman–Crippen MR) is 109 cm³/mol. The zero-order valence-electron chi connectivity index (χ0n) is 17.5. The quantitative estimate of drug-likeness (QED) is 0.726. The first-order valence-corrected chi connectivity index (χ1v) is 9.52. The van der Waals surface area contributed by atoms with E-state index in [0.29, 0.717) is 24.8 Å². The van der Waals surface area contributed by atoms with Crippen LogP contribution < -0.4 is 5.32 Å². The zero-order chi connectivity index (χ0) is 20.0. The van der Waals surface area contributed by atoms with Crippen molar-refractivity contribution in [3.05, 3.63) is 29.1 Å². The van der Waals surface area contributed by atoms with Crippen LogP contribution in [-0.4, -0.2) is 92.5 Å². The third kappa shape index (κ3) is 5.82. The molecule has 1 aliphatic rings. The van der Waals surface area contributed by atoms with Crippen molar-refractivity contribution in [2.45, 2.75) is 32.9 Å². The average molecular weight is 376 g/mol. The molecule has 7 nitrogen and oxygen atoms in total. The van der Waals surface area contributed by atoms with Crippen LogP contribution in [0.1, 0.15) is 35.5 Å². The van der Waals surface area contributed by atoms with Gasteiger partial charge in [-0.3, -0.25) is 19.7 Å². The standard InChI is InChI=1S/C20H33N5O2/c1-14(21-4)11-25-7-8-27-18(13-25)12-24(6)20(26)17-9-19(15(2)22-5)16(3)23-10-17/h9-10,14,18,21H,7-8,11-13H2,1-6H3. The lowest BCUT2D eigenvalue weighted by Gasteiger charge is -2.36. The van der Waals surface area contributed by atoms with E-state index in [0.717, 1.165) is 36.6 Å². The van der Waals surface area contributed by atoms with Gasteiger partial charge in [-0.15, -0.1) is 0 Å². The van der Waals surface area contributed by atoms with Crippen molar-refractivity contribution < 1.29 is 9.53 Å². The van der Waals surface area contributed by atoms with Crippen LogP contribution in [0.5, 0.6) is 0 Å². The largest absolute Gasteiger partial charge is 0.374 e. The number of hydrogen-bond acceptors (Lipinski definition) is 6. The lowest BCUT2D eigenvalue weighted by Crippen LogP contribution is -2.50. The summed E-state index contributed by atoms with van der Waals surface area (Å²) >= 11 is 0. The molecule has 2 unspecified atom stereocenters. The molecule has 150 valence electrons. The molecule has 2 heterocycles. The van der Waals surface area contributed by atoms with Crippen LogP contribution in [0.3, 0.4) is 0 Å². The number of ether oxygens (including phenoxy) is 1. The summed E-state index contributed by atoms with van der Waals surface area (Å²) in [5, 5.41) is 3.27. The van der Waals surface area contributed by atoms with Crippen molar-refractivity contribution in [3.63, 3.8) is 0 Å². The Balaban J connectivity index is 2.01. The molecule has 1 fully saturated rings. The molecule has 1 amide bonds. The molecule has 0 aliphatic carbocycles. The molecule has 2 rings (SSSR count). The Kier molecular flexibility index (Phi) is 7.89. The van der Waals surface area contributed by atoms with Crippen molar-refractivity contribution >= 4 is 11.6 Å². The highest BCUT2D eigenvalue weighted by molar-refractivity contribution is 6.02. The van der Waals surface area contributed by atoms with Crippen LogP contribution in [0.15, 0.2) is 17.3 Å². The summed E-state index contributed by atoms with van der Waals surface area (Å²) in [6.07, 6.45) is 1.66. The van der Waals surface area contributed by atoms with E-state index in [1.54, 1.807) is 18.1 Å². The van der Waals surface area contributed by atoms with Gasteiger partial charge in [0.1, 0.15) is 0 Å². The number of morpholine rings is 1. The van der Waals surface area contributed by atoms with Crippen LogP contribution in [0.2, 0.25) is 0 Å². The maximum atomic E-state index is 12.9. The van der Waals surface area contributed by atoms with Gasteiger partial charge in [0, 0.05) is 69.5 Å². The van der Waals surface area contributed by atoms with Gasteiger partial charge in [0.05, 0.1) is 18.3 Å². The molecule has 0 radical (unpaired) electrons. The monoisotopic (exact) mass is 375 g/mol. The number of aryl methyl sites for hydroxylation is 1. The second kappa shape index (κ2) is 9.92. The molecule has 1 saturated heterocycles. The molecule has 0 saturated carbocycles. The summed E-state index contributed by atoms with van der Waals surface area (Å²) in [7, 11) is 5.54. The van der Waals surface area contributed by atoms with Gasteiger partial charge in [-0.2, -0.15) is 0 Å². The van der Waals surface area contributed by atoms with Gasteiger partial charge < -0.3 is 15.0 Å². The van der Waals surface area contributed by atoms with E-state index >= 15 is 0 Å². The molecule has 0 bridgehead atoms. The fourth-order valence-corrected chi connectivity index (χ4v) is 3.28. The molecule has 2 atom stereocenters. The van der Waals surface area contributed by atoms with E-state index in [2.05, 4.69) is 27.1 Å². The zero-order valence-corrected chi connectivity index (χ0v) is 17.5. The smallest absolute Gasteiger partial charge is 0.255 e. The number of nitrogens with one attached hydrogen (secondary N) is 1. The van der Waals surface area contributed by atoms with E-state index in [4.69, 9.17) is 4.74 Å². The van der Waals surface area contributed by atoms with Gasteiger partial charge in [0.2, 0.25) is 0 Å². The van der Waals surface area contributed by atoms with E-state index in [9.17, 15) is 4.79 Å². The summed E-state index contributed by atoms with van der Waals surface area (Å²) in [4.78, 5) is 25.6. The molecular weight excluding hydrogens is 342 g/mol. The van der Waals surface area contributed by atoms with E-state index in [1.165, 1.54) is 0 Å². The average Bonchev–Trinajstić information content (AvgIpc) is 2.67. The molecule has 1 aromatic heterocycles. The number of aromatic nitrogens is 1. The van der Waals surface area contributed by atoms with Gasteiger partial charge in [-0.05, 0) is 33.9 Å². The Morgan fingerprint density at radius 2 is 2.30 bits per heavy atom. The second-order valence-electron chi connectivity index (χ2n) is 7.29. The van der Waals surface area contributed by atoms with Gasteiger partial charge in [0.25, 0.3) is 5.91 Å². The van der Waals surface area contributed by atoms with Crippen LogP contribution in [0, 0.1) is 6.92 Å². The maximum Gasteiger partial charge on any atom is 0.255 e. The second-order valence-corrected chi connectivity index (χ2v) is 7.29. The number of rotatable bonds is 7. The van der Waals surface area contributed by atoms with Crippen LogP contribution in [-0.2, 0) is 4.74 Å². The molecule has 0 spiro atoms. The molecular formula is C20H33N5O2. The minimum Gasteiger partial charge on any atom is -0.374 e. The van der Waals surface area contributed by atoms with E-state index in [-0.39, 0.29) is 12.0 Å². The number of likely N-dealkylation sites (N-methyl/N-ethyl adjacent to an activating group) is 2. The van der Waals surface area contributed by atoms with Gasteiger partial charge in [-0.1, -0.05) is 0 Å². The maximum absolute atomic E-state index is 12.9. The Hall–Kier alpha value is -1.83. The summed E-state index contributed by atoms with van der Waals surface area (Å²) in [5.41, 5.74) is 3.25. The number of nitrogens with zero attached hydrogens (tertiary/aromatic N) is 4. The first-order chi connectivity index (χ1) is 12.8. The molecule has 1 N–H and O–H groups in total. The summed E-state index contributed by atoms with van der Waals surface area (Å²) in [6.45, 7) is 10.0. The van der Waals surface area contributed by atoms with Crippen LogP contribution in [0.4, 0.5) is 0 Å². The SMILES string of the molecule is CN=C(C)c1cc(C(=O)N(C)CC2CN(CC(C)NC)CCO2)cnc1C. The normalized spacial score (nSPS) is 19.8. The summed E-state index contributed by atoms with van der Waals surface area (Å²) in [6, 6.07) is 2.32. The van der Waals surface area contributed by atoms with Gasteiger partial charge in [0.15, 0.2) is 0 Å². The summed E-state index contributed by atoms with van der Waals surface area (Å²) in [5.74, 6) is -0.0445. The summed E-state index contributed by atoms with van der Waals surface area (Å²) < 4.78 is 5.89. The van der Waals surface area contributed by atoms with Crippen molar-refractivity contribution in [1.82, 2.24) is 20.1 Å². The third-order valence-corrected chi connectivity index (χ3v) is 5.13. The highest BCUT2D eigenvalue weighted by Gasteiger charge is 2.25. The molecule has 27 heavy (non-hydrogen) atoms. The van der Waals surface area contributed by atoms with Crippen molar-refractivity contribution in [3.8, 4) is 0 Å². The fraction of sp³-hybridized carbons (Fsp3) is 0.650. The van der Waals surface area contributed by atoms with Gasteiger partial charge in [-0.25, -0.2) is 0 Å². The Morgan fingerprint density at radius 1 is 1.56 bits per heavy atom. The number of amides is 1. The lowest BCUT2D eigenvalue weighted by molar-refractivity contribution is -0.0396. The Labute approximate surface area is 162 Å². The Bertz CT molecular complexity index is 676. The molecule has 7 heteroatoms. The first kappa shape index (κ1) is 21.5. The van der Waals surface area contributed by atoms with Crippen molar-refractivity contribution in [2.24, 2.45) is 4.99 Å². The number of carbonyl (C=O) groups excluding carboxylic acids is 1. The van der Waals surface area contributed by atoms with Crippen molar-refractivity contribution in [2.75, 3.05) is 53.9 Å². The van der Waals surface area contributed by atoms with E-state index < -0.39 is 0 Å². The minimum atomic E-state index is -0.0445. The fourth-order valence-electron chi connectivity index (χ4n) is 3.28. The predicted octanol–water partition coefficient (Wildman–Crippen LogP) is 1.21. The topological polar surface area (TPSA) is 70.1 Å². The first-order valence-electron chi connectivity index (χ1n) is 9.52. The molecule has 1 aromatic rings. The van der Waals surface area contributed by atoms with Gasteiger partial charge >= 0.3 is 0 Å². The number of aliphatic imine (C=N–C) groups is 1. The highest BCUT2D eigenvalue weighted by Crippen LogP contribution is 2.13. The number of hydrogen-bond donors (Lipinski definition) is 1. The lowest BCUT2D eigenvalue weighted by atomic mass is 10.1. The highest BCUT2D eigenvalue weighted by atomic mass is 16.5. The van der Waals surface area contributed by atoms with Crippen LogP contribution >= 0.6 is 0 Å².